The van der Waals surface area contributed by atoms with Crippen LogP contribution in [0.15, 0.2) is 12.1 Å². The first-order valence-corrected chi connectivity index (χ1v) is 11.5. The Balaban J connectivity index is 0.00000306. The lowest BCUT2D eigenvalue weighted by atomic mass is 9.43. The minimum absolute atomic E-state index is 0. The fraction of sp³-hybridized carbons (Fsp3) is 0.708. The van der Waals surface area contributed by atoms with Crippen molar-refractivity contribution in [2.24, 2.45) is 23.0 Å². The van der Waals surface area contributed by atoms with Crippen LogP contribution in [0.2, 0.25) is 0 Å². The summed E-state index contributed by atoms with van der Waals surface area (Å²) in [6.45, 7) is 12.0. The van der Waals surface area contributed by atoms with E-state index in [0.29, 0.717) is 23.8 Å². The minimum Gasteiger partial charge on any atom is -0.495 e. The third-order valence-electron chi connectivity index (χ3n) is 7.77. The average Bonchev–Trinajstić information content (AvgIpc) is 3.04. The molecule has 1 saturated heterocycles. The maximum Gasteiger partial charge on any atom is 0.475 e. The van der Waals surface area contributed by atoms with Crippen molar-refractivity contribution >= 4 is 25.5 Å². The summed E-state index contributed by atoms with van der Waals surface area (Å²) in [6.07, 6.45) is 2.48. The number of hydrogen-bond donors (Lipinski definition) is 1. The molecular weight excluding hydrogens is 448 g/mol. The first-order chi connectivity index (χ1) is 14.8. The SMILES string of the molecule is COc1c(CC(N)B2O[C@@H]3C[C@@H]4C[C@@H](C4(C)C)[C@]3(C)O2)ccc(F)c1C(=O)OC(C)(C)C.Cl. The number of methoxy groups -OCH3 is 1. The highest BCUT2D eigenvalue weighted by atomic mass is 35.5. The Morgan fingerprint density at radius 1 is 1.30 bits per heavy atom. The van der Waals surface area contributed by atoms with Crippen molar-refractivity contribution in [1.29, 1.82) is 0 Å². The van der Waals surface area contributed by atoms with E-state index in [4.69, 9.17) is 24.5 Å². The smallest absolute Gasteiger partial charge is 0.475 e. The second-order valence-corrected chi connectivity index (χ2v) is 11.3. The van der Waals surface area contributed by atoms with E-state index in [1.807, 2.05) is 0 Å². The molecule has 2 bridgehead atoms. The van der Waals surface area contributed by atoms with E-state index in [1.54, 1.807) is 26.8 Å². The summed E-state index contributed by atoms with van der Waals surface area (Å²) < 4.78 is 38.2. The molecule has 4 fully saturated rings. The number of hydrogen-bond acceptors (Lipinski definition) is 6. The van der Waals surface area contributed by atoms with Gasteiger partial charge in [-0.1, -0.05) is 19.9 Å². The fourth-order valence-corrected chi connectivity index (χ4v) is 5.95. The molecule has 1 heterocycles. The van der Waals surface area contributed by atoms with Gasteiger partial charge in [0.1, 0.15) is 22.7 Å². The quantitative estimate of drug-likeness (QED) is 0.495. The van der Waals surface area contributed by atoms with E-state index >= 15 is 0 Å². The van der Waals surface area contributed by atoms with E-state index < -0.39 is 30.4 Å². The zero-order valence-electron chi connectivity index (χ0n) is 20.6. The Hall–Kier alpha value is -1.35. The number of esters is 1. The molecule has 5 atom stereocenters. The van der Waals surface area contributed by atoms with Gasteiger partial charge in [0.05, 0.1) is 18.8 Å². The van der Waals surface area contributed by atoms with Crippen molar-refractivity contribution in [3.63, 3.8) is 0 Å². The van der Waals surface area contributed by atoms with Crippen molar-refractivity contribution in [3.8, 4) is 5.75 Å². The third kappa shape index (κ3) is 4.40. The second kappa shape index (κ2) is 8.70. The Bertz CT molecular complexity index is 923. The Kier molecular flexibility index (Phi) is 6.93. The first kappa shape index (κ1) is 26.3. The molecule has 1 aromatic carbocycles. The number of carbonyl (C=O) groups excluding carboxylic acids is 1. The van der Waals surface area contributed by atoms with Crippen molar-refractivity contribution in [2.45, 2.75) is 84.1 Å². The van der Waals surface area contributed by atoms with E-state index in [9.17, 15) is 9.18 Å². The lowest BCUT2D eigenvalue weighted by molar-refractivity contribution is -0.199. The van der Waals surface area contributed by atoms with Crippen LogP contribution in [-0.2, 0) is 20.5 Å². The van der Waals surface area contributed by atoms with Crippen LogP contribution in [0, 0.1) is 23.1 Å². The number of rotatable bonds is 5. The van der Waals surface area contributed by atoms with Crippen molar-refractivity contribution in [1.82, 2.24) is 0 Å². The van der Waals surface area contributed by atoms with E-state index in [1.165, 1.54) is 13.2 Å². The molecule has 2 N–H and O–H groups in total. The van der Waals surface area contributed by atoms with E-state index in [-0.39, 0.29) is 40.8 Å². The molecule has 184 valence electrons. The standard InChI is InChI=1S/C24H35BFNO5.ClH/c1-22(2,3)30-21(28)19-15(26)9-8-13(20(19)29-7)10-18(27)25-31-17-12-14-11-16(23(14,4)5)24(17,6)32-25;/h8-9,14,16-18H,10-12,27H2,1-7H3;1H/t14-,16-,17+,18?,24-;/m0./s1. The van der Waals surface area contributed by atoms with Gasteiger partial charge >= 0.3 is 13.1 Å². The molecular formula is C24H36BClFNO5. The zero-order valence-corrected chi connectivity index (χ0v) is 21.4. The maximum atomic E-state index is 14.6. The normalized spacial score (nSPS) is 30.6. The molecule has 1 aliphatic heterocycles. The van der Waals surface area contributed by atoms with E-state index in [2.05, 4.69) is 20.8 Å². The molecule has 4 aliphatic rings. The first-order valence-electron chi connectivity index (χ1n) is 11.5. The maximum absolute atomic E-state index is 14.6. The highest BCUT2D eigenvalue weighted by molar-refractivity contribution is 6.47. The van der Waals surface area contributed by atoms with Crippen LogP contribution in [0.1, 0.15) is 70.3 Å². The van der Waals surface area contributed by atoms with Crippen LogP contribution in [-0.4, -0.2) is 43.4 Å². The van der Waals surface area contributed by atoms with Gasteiger partial charge in [-0.2, -0.15) is 0 Å². The molecule has 5 rings (SSSR count). The molecule has 3 saturated carbocycles. The molecule has 0 aromatic heterocycles. The Morgan fingerprint density at radius 2 is 1.97 bits per heavy atom. The lowest BCUT2D eigenvalue weighted by Crippen LogP contribution is -2.65. The van der Waals surface area contributed by atoms with E-state index in [0.717, 1.165) is 12.8 Å². The molecule has 3 aliphatic carbocycles. The second-order valence-electron chi connectivity index (χ2n) is 11.3. The summed E-state index contributed by atoms with van der Waals surface area (Å²) in [5.74, 6) is -0.727. The van der Waals surface area contributed by atoms with Crippen molar-refractivity contribution in [3.05, 3.63) is 29.1 Å². The van der Waals surface area contributed by atoms with Crippen LogP contribution in [0.25, 0.3) is 0 Å². The predicted octanol–water partition coefficient (Wildman–Crippen LogP) is 4.35. The largest absolute Gasteiger partial charge is 0.495 e. The molecule has 0 amide bonds. The fourth-order valence-electron chi connectivity index (χ4n) is 5.95. The molecule has 0 spiro atoms. The van der Waals surface area contributed by atoms with Gasteiger partial charge in [0.2, 0.25) is 0 Å². The van der Waals surface area contributed by atoms with Crippen LogP contribution in [0.3, 0.4) is 0 Å². The molecule has 6 nitrogen and oxygen atoms in total. The van der Waals surface area contributed by atoms with Crippen LogP contribution < -0.4 is 10.5 Å². The number of ether oxygens (including phenoxy) is 2. The van der Waals surface area contributed by atoms with Gasteiger partial charge in [-0.05, 0) is 75.8 Å². The summed E-state index contributed by atoms with van der Waals surface area (Å²) in [5.41, 5.74) is 6.05. The summed E-state index contributed by atoms with van der Waals surface area (Å²) in [6, 6.07) is 2.84. The van der Waals surface area contributed by atoms with Gasteiger partial charge in [0, 0.05) is 5.94 Å². The van der Waals surface area contributed by atoms with Crippen molar-refractivity contribution < 1.29 is 28.0 Å². The molecule has 1 aromatic rings. The highest BCUT2D eigenvalue weighted by Crippen LogP contribution is 2.65. The topological polar surface area (TPSA) is 80.0 Å². The molecule has 1 unspecified atom stereocenters. The predicted molar refractivity (Wildman–Crippen MR) is 127 cm³/mol. The van der Waals surface area contributed by atoms with Crippen molar-refractivity contribution in [2.75, 3.05) is 7.11 Å². The van der Waals surface area contributed by atoms with Gasteiger partial charge < -0.3 is 24.5 Å². The lowest BCUT2D eigenvalue weighted by Gasteiger charge is -2.64. The number of benzene rings is 1. The van der Waals surface area contributed by atoms with Crippen LogP contribution >= 0.6 is 12.4 Å². The molecule has 9 heteroatoms. The Labute approximate surface area is 202 Å². The minimum atomic E-state index is -0.767. The zero-order chi connectivity index (χ0) is 23.6. The van der Waals surface area contributed by atoms with Gasteiger partial charge in [0.15, 0.2) is 0 Å². The number of carbonyl (C=O) groups is 1. The highest BCUT2D eigenvalue weighted by Gasteiger charge is 2.68. The molecule has 33 heavy (non-hydrogen) atoms. The summed E-state index contributed by atoms with van der Waals surface area (Å²) in [5, 5.41) is 0. The van der Waals surface area contributed by atoms with Gasteiger partial charge in [-0.15, -0.1) is 12.4 Å². The average molecular weight is 484 g/mol. The monoisotopic (exact) mass is 483 g/mol. The summed E-state index contributed by atoms with van der Waals surface area (Å²) >= 11 is 0. The summed E-state index contributed by atoms with van der Waals surface area (Å²) in [7, 11) is 0.838. The Morgan fingerprint density at radius 3 is 2.55 bits per heavy atom. The van der Waals surface area contributed by atoms with Gasteiger partial charge in [-0.25, -0.2) is 9.18 Å². The number of halogens is 2. The van der Waals surface area contributed by atoms with Crippen LogP contribution in [0.5, 0.6) is 5.75 Å². The molecule has 0 radical (unpaired) electrons. The summed E-state index contributed by atoms with van der Waals surface area (Å²) in [4.78, 5) is 12.6. The number of nitrogens with two attached hydrogens (primary N) is 1. The third-order valence-corrected chi connectivity index (χ3v) is 7.77. The van der Waals surface area contributed by atoms with Crippen LogP contribution in [0.4, 0.5) is 4.39 Å². The van der Waals surface area contributed by atoms with Gasteiger partial charge in [-0.3, -0.25) is 0 Å². The van der Waals surface area contributed by atoms with Gasteiger partial charge in [0.25, 0.3) is 0 Å².